The van der Waals surface area contributed by atoms with Gasteiger partial charge in [0.05, 0.1) is 12.0 Å². The number of fused-ring (bicyclic) bond motifs is 5. The molecule has 0 bridgehead atoms. The standard InChI is InChI=1S/C31H48O3/c1-19(2)20(3)9-10-21(27(33)34)22-13-17-31(8)24-11-12-25-28(4,5)26(32)15-16-29(25,6)23(24)14-18-30(22,31)7/h11,14,19,21-22,25-26,32H,3,9-10,12-13,15-18H2,1-2,4-8H3,(H,33,34)/t21-,22?,25+,26+,29-,30-,31+/m1/s1. The highest BCUT2D eigenvalue weighted by molar-refractivity contribution is 5.71. The molecule has 34 heavy (non-hydrogen) atoms. The maximum atomic E-state index is 12.5. The summed E-state index contributed by atoms with van der Waals surface area (Å²) in [6.45, 7) is 20.3. The van der Waals surface area contributed by atoms with Gasteiger partial charge in [-0.2, -0.15) is 0 Å². The number of aliphatic hydroxyl groups is 1. The Morgan fingerprint density at radius 2 is 1.76 bits per heavy atom. The summed E-state index contributed by atoms with van der Waals surface area (Å²) in [7, 11) is 0. The first-order valence-corrected chi connectivity index (χ1v) is 13.7. The predicted octanol–water partition coefficient (Wildman–Crippen LogP) is 7.57. The fraction of sp³-hybridized carbons (Fsp3) is 0.774. The number of carboxylic acid groups (broad SMARTS) is 1. The van der Waals surface area contributed by atoms with Gasteiger partial charge in [-0.1, -0.05) is 72.8 Å². The van der Waals surface area contributed by atoms with Crippen molar-refractivity contribution in [1.29, 1.82) is 0 Å². The van der Waals surface area contributed by atoms with Crippen molar-refractivity contribution < 1.29 is 15.0 Å². The van der Waals surface area contributed by atoms with Crippen molar-refractivity contribution in [2.24, 2.45) is 45.3 Å². The van der Waals surface area contributed by atoms with E-state index in [2.05, 4.69) is 67.2 Å². The summed E-state index contributed by atoms with van der Waals surface area (Å²) in [5.74, 6) is 0.0861. The van der Waals surface area contributed by atoms with Gasteiger partial charge in [-0.15, -0.1) is 0 Å². The minimum absolute atomic E-state index is 0.0126. The van der Waals surface area contributed by atoms with Crippen LogP contribution in [-0.4, -0.2) is 22.3 Å². The lowest BCUT2D eigenvalue weighted by atomic mass is 9.44. The van der Waals surface area contributed by atoms with E-state index in [1.165, 1.54) is 16.7 Å². The molecule has 2 N–H and O–H groups in total. The van der Waals surface area contributed by atoms with Crippen LogP contribution < -0.4 is 0 Å². The molecular formula is C31H48O3. The van der Waals surface area contributed by atoms with Crippen LogP contribution in [0.1, 0.15) is 99.8 Å². The lowest BCUT2D eigenvalue weighted by Gasteiger charge is -2.61. The third-order valence-electron chi connectivity index (χ3n) is 11.7. The third kappa shape index (κ3) is 3.51. The van der Waals surface area contributed by atoms with Crippen LogP contribution in [0.4, 0.5) is 0 Å². The van der Waals surface area contributed by atoms with Gasteiger partial charge in [0.1, 0.15) is 0 Å². The van der Waals surface area contributed by atoms with E-state index in [0.29, 0.717) is 18.3 Å². The van der Waals surface area contributed by atoms with Gasteiger partial charge in [0.25, 0.3) is 0 Å². The monoisotopic (exact) mass is 468 g/mol. The molecule has 4 rings (SSSR count). The van der Waals surface area contributed by atoms with Gasteiger partial charge in [-0.05, 0) is 102 Å². The van der Waals surface area contributed by atoms with Crippen LogP contribution in [0.2, 0.25) is 0 Å². The zero-order chi connectivity index (χ0) is 25.3. The van der Waals surface area contributed by atoms with Crippen LogP contribution >= 0.6 is 0 Å². The van der Waals surface area contributed by atoms with Gasteiger partial charge in [-0.25, -0.2) is 0 Å². The van der Waals surface area contributed by atoms with Crippen LogP contribution in [0.3, 0.4) is 0 Å². The largest absolute Gasteiger partial charge is 0.481 e. The molecule has 3 nitrogen and oxygen atoms in total. The van der Waals surface area contributed by atoms with Crippen molar-refractivity contribution in [2.45, 2.75) is 106 Å². The first-order chi connectivity index (χ1) is 15.7. The number of hydrogen-bond donors (Lipinski definition) is 2. The van der Waals surface area contributed by atoms with E-state index in [-0.39, 0.29) is 39.6 Å². The Bertz CT molecular complexity index is 923. The molecular weight excluding hydrogens is 420 g/mol. The first kappa shape index (κ1) is 25.7. The molecule has 0 saturated heterocycles. The molecule has 0 aromatic heterocycles. The number of aliphatic hydroxyl groups excluding tert-OH is 1. The Morgan fingerprint density at radius 3 is 2.38 bits per heavy atom. The minimum Gasteiger partial charge on any atom is -0.481 e. The van der Waals surface area contributed by atoms with Crippen molar-refractivity contribution in [2.75, 3.05) is 0 Å². The Hall–Kier alpha value is -1.35. The average molecular weight is 469 g/mol. The van der Waals surface area contributed by atoms with E-state index in [0.717, 1.165) is 44.9 Å². The van der Waals surface area contributed by atoms with Gasteiger partial charge >= 0.3 is 5.97 Å². The summed E-state index contributed by atoms with van der Waals surface area (Å²) < 4.78 is 0. The van der Waals surface area contributed by atoms with Crippen molar-refractivity contribution >= 4 is 5.97 Å². The molecule has 0 radical (unpaired) electrons. The van der Waals surface area contributed by atoms with Crippen molar-refractivity contribution in [1.82, 2.24) is 0 Å². The Kier molecular flexibility index (Phi) is 6.32. The molecule has 7 atom stereocenters. The molecule has 1 unspecified atom stereocenters. The Labute approximate surface area is 207 Å². The van der Waals surface area contributed by atoms with Crippen LogP contribution in [0.5, 0.6) is 0 Å². The van der Waals surface area contributed by atoms with Crippen LogP contribution in [0.15, 0.2) is 35.5 Å². The molecule has 0 aliphatic heterocycles. The molecule has 0 amide bonds. The van der Waals surface area contributed by atoms with Crippen molar-refractivity contribution in [3.63, 3.8) is 0 Å². The smallest absolute Gasteiger partial charge is 0.306 e. The second kappa shape index (κ2) is 8.36. The Morgan fingerprint density at radius 1 is 1.09 bits per heavy atom. The van der Waals surface area contributed by atoms with E-state index < -0.39 is 5.97 Å². The highest BCUT2D eigenvalue weighted by Crippen LogP contribution is 2.71. The summed E-state index contributed by atoms with van der Waals surface area (Å²) in [5, 5.41) is 21.1. The normalized spacial score (nSPS) is 41.6. The molecule has 0 spiro atoms. The molecule has 2 saturated carbocycles. The molecule has 2 fully saturated rings. The number of aliphatic carboxylic acids is 1. The third-order valence-corrected chi connectivity index (χ3v) is 11.7. The lowest BCUT2D eigenvalue weighted by molar-refractivity contribution is -0.146. The van der Waals surface area contributed by atoms with E-state index in [1.807, 2.05) is 0 Å². The van der Waals surface area contributed by atoms with E-state index >= 15 is 0 Å². The summed E-state index contributed by atoms with van der Waals surface area (Å²) in [6, 6.07) is 0. The predicted molar refractivity (Wildman–Crippen MR) is 139 cm³/mol. The Balaban J connectivity index is 1.68. The van der Waals surface area contributed by atoms with Gasteiger partial charge in [0.15, 0.2) is 0 Å². The summed E-state index contributed by atoms with van der Waals surface area (Å²) in [6.07, 6.45) is 12.2. The zero-order valence-corrected chi connectivity index (χ0v) is 22.7. The van der Waals surface area contributed by atoms with Crippen LogP contribution in [-0.2, 0) is 4.79 Å². The van der Waals surface area contributed by atoms with Gasteiger partial charge in [0.2, 0.25) is 0 Å². The zero-order valence-electron chi connectivity index (χ0n) is 22.7. The molecule has 3 heteroatoms. The topological polar surface area (TPSA) is 57.5 Å². The fourth-order valence-corrected chi connectivity index (χ4v) is 8.80. The van der Waals surface area contributed by atoms with Crippen molar-refractivity contribution in [3.8, 4) is 0 Å². The number of hydrogen-bond acceptors (Lipinski definition) is 2. The van der Waals surface area contributed by atoms with Crippen molar-refractivity contribution in [3.05, 3.63) is 35.5 Å². The second-order valence-corrected chi connectivity index (χ2v) is 13.7. The van der Waals surface area contributed by atoms with Gasteiger partial charge in [0, 0.05) is 0 Å². The van der Waals surface area contributed by atoms with E-state index in [1.54, 1.807) is 0 Å². The molecule has 190 valence electrons. The van der Waals surface area contributed by atoms with E-state index in [4.69, 9.17) is 0 Å². The van der Waals surface area contributed by atoms with Crippen LogP contribution in [0.25, 0.3) is 0 Å². The molecule has 4 aliphatic carbocycles. The highest BCUT2D eigenvalue weighted by atomic mass is 16.4. The highest BCUT2D eigenvalue weighted by Gasteiger charge is 2.63. The molecule has 0 aromatic carbocycles. The number of rotatable bonds is 6. The number of allylic oxidation sites excluding steroid dienone is 5. The number of carbonyl (C=O) groups is 1. The number of carboxylic acids is 1. The summed E-state index contributed by atoms with van der Waals surface area (Å²) in [4.78, 5) is 12.5. The minimum atomic E-state index is -0.630. The molecule has 0 aromatic rings. The summed E-state index contributed by atoms with van der Waals surface area (Å²) in [5.41, 5.74) is 4.16. The van der Waals surface area contributed by atoms with Gasteiger partial charge in [-0.3, -0.25) is 4.79 Å². The quantitative estimate of drug-likeness (QED) is 0.395. The maximum absolute atomic E-state index is 12.5. The van der Waals surface area contributed by atoms with Gasteiger partial charge < -0.3 is 10.2 Å². The average Bonchev–Trinajstić information content (AvgIpc) is 3.02. The van der Waals surface area contributed by atoms with E-state index in [9.17, 15) is 15.0 Å². The fourth-order valence-electron chi connectivity index (χ4n) is 8.80. The SMILES string of the molecule is C=C(CC[C@@H](C(=O)O)C1CC[C@@]2(C)C3=CC[C@H]4C(C)(C)[C@@H](O)CC[C@]4(C)C3=CC[C@]12C)C(C)C. The summed E-state index contributed by atoms with van der Waals surface area (Å²) >= 11 is 0. The van der Waals surface area contributed by atoms with Crippen LogP contribution in [0, 0.1) is 45.3 Å². The lowest BCUT2D eigenvalue weighted by Crippen LogP contribution is -2.54. The first-order valence-electron chi connectivity index (χ1n) is 13.7. The molecule has 4 aliphatic rings. The maximum Gasteiger partial charge on any atom is 0.306 e. The molecule has 0 heterocycles. The second-order valence-electron chi connectivity index (χ2n) is 13.7.